The van der Waals surface area contributed by atoms with Gasteiger partial charge in [-0.15, -0.1) is 11.3 Å². The Hall–Kier alpha value is -0.880. The third-order valence-electron chi connectivity index (χ3n) is 2.54. The minimum Gasteiger partial charge on any atom is -0.273 e. The molecule has 1 heterocycles. The van der Waals surface area contributed by atoms with E-state index in [0.717, 1.165) is 10.2 Å². The Kier molecular flexibility index (Phi) is 3.30. The molecule has 2 amide bonds. The molecule has 0 bridgehead atoms. The maximum absolute atomic E-state index is 11.6. The van der Waals surface area contributed by atoms with E-state index < -0.39 is 0 Å². The number of amides is 2. The molecule has 1 aromatic heterocycles. The van der Waals surface area contributed by atoms with Gasteiger partial charge in [-0.25, -0.2) is 0 Å². The molecule has 0 spiro atoms. The zero-order chi connectivity index (χ0) is 11.7. The Morgan fingerprint density at radius 1 is 1.44 bits per heavy atom. The van der Waals surface area contributed by atoms with Gasteiger partial charge in [-0.2, -0.15) is 0 Å². The third-order valence-corrected chi connectivity index (χ3v) is 4.16. The molecule has 0 unspecified atom stereocenters. The van der Waals surface area contributed by atoms with Gasteiger partial charge in [-0.1, -0.05) is 6.92 Å². The first kappa shape index (κ1) is 11.6. The molecule has 16 heavy (non-hydrogen) atoms. The van der Waals surface area contributed by atoms with Crippen LogP contribution in [0.2, 0.25) is 0 Å². The van der Waals surface area contributed by atoms with E-state index in [2.05, 4.69) is 26.8 Å². The van der Waals surface area contributed by atoms with Gasteiger partial charge in [0.05, 0.1) is 8.66 Å². The molecule has 2 atom stereocenters. The minimum absolute atomic E-state index is 0.0652. The fourth-order valence-electron chi connectivity index (χ4n) is 1.40. The Morgan fingerprint density at radius 2 is 2.12 bits per heavy atom. The van der Waals surface area contributed by atoms with Gasteiger partial charge in [0.2, 0.25) is 5.91 Å². The molecule has 1 saturated carbocycles. The molecule has 1 aliphatic rings. The van der Waals surface area contributed by atoms with Crippen LogP contribution in [0.4, 0.5) is 0 Å². The monoisotopic (exact) mass is 302 g/mol. The van der Waals surface area contributed by atoms with Crippen molar-refractivity contribution < 1.29 is 9.59 Å². The van der Waals surface area contributed by atoms with Gasteiger partial charge in [0.1, 0.15) is 0 Å². The highest BCUT2D eigenvalue weighted by Gasteiger charge is 2.39. The van der Waals surface area contributed by atoms with E-state index in [-0.39, 0.29) is 17.7 Å². The summed E-state index contributed by atoms with van der Waals surface area (Å²) in [5.41, 5.74) is 4.84. The molecule has 0 saturated heterocycles. The lowest BCUT2D eigenvalue weighted by Crippen LogP contribution is -2.42. The standard InChI is InChI=1S/C10H11BrN2O2S/c1-5-4-6(5)9(14)12-13-10(15)7-2-3-8(11)16-7/h2-3,5-6H,4H2,1H3,(H,12,14)(H,13,15)/t5-,6-/m0/s1. The maximum atomic E-state index is 11.6. The Balaban J connectivity index is 1.82. The third kappa shape index (κ3) is 2.62. The second-order valence-electron chi connectivity index (χ2n) is 3.87. The van der Waals surface area contributed by atoms with E-state index in [1.54, 1.807) is 12.1 Å². The predicted molar refractivity (Wildman–Crippen MR) is 64.9 cm³/mol. The largest absolute Gasteiger partial charge is 0.279 e. The molecule has 4 nitrogen and oxygen atoms in total. The van der Waals surface area contributed by atoms with Crippen molar-refractivity contribution in [3.63, 3.8) is 0 Å². The first-order valence-corrected chi connectivity index (χ1v) is 6.54. The minimum atomic E-state index is -0.280. The summed E-state index contributed by atoms with van der Waals surface area (Å²) in [5.74, 6) is 0.122. The molecule has 1 fully saturated rings. The number of nitrogens with one attached hydrogen (secondary N) is 2. The number of carbonyl (C=O) groups is 2. The van der Waals surface area contributed by atoms with Crippen LogP contribution in [0.3, 0.4) is 0 Å². The summed E-state index contributed by atoms with van der Waals surface area (Å²) < 4.78 is 0.889. The summed E-state index contributed by atoms with van der Waals surface area (Å²) >= 11 is 4.60. The average molecular weight is 303 g/mol. The van der Waals surface area contributed by atoms with Crippen LogP contribution in [-0.2, 0) is 4.79 Å². The lowest BCUT2D eigenvalue weighted by atomic mass is 10.3. The van der Waals surface area contributed by atoms with Crippen molar-refractivity contribution >= 4 is 39.1 Å². The molecular formula is C10H11BrN2O2S. The Bertz CT molecular complexity index is 432. The van der Waals surface area contributed by atoms with Crippen LogP contribution in [0.25, 0.3) is 0 Å². The average Bonchev–Trinajstić information content (AvgIpc) is 2.81. The van der Waals surface area contributed by atoms with Gasteiger partial charge < -0.3 is 0 Å². The number of carbonyl (C=O) groups excluding carboxylic acids is 2. The van der Waals surface area contributed by atoms with Crippen molar-refractivity contribution in [3.05, 3.63) is 20.8 Å². The summed E-state index contributed by atoms with van der Waals surface area (Å²) in [6.07, 6.45) is 0.909. The molecule has 2 N–H and O–H groups in total. The molecule has 0 radical (unpaired) electrons. The van der Waals surface area contributed by atoms with Crippen molar-refractivity contribution in [1.29, 1.82) is 0 Å². The quantitative estimate of drug-likeness (QED) is 0.820. The van der Waals surface area contributed by atoms with Crippen molar-refractivity contribution in [2.75, 3.05) is 0 Å². The number of thiophene rings is 1. The van der Waals surface area contributed by atoms with E-state index >= 15 is 0 Å². The van der Waals surface area contributed by atoms with E-state index in [4.69, 9.17) is 0 Å². The van der Waals surface area contributed by atoms with Gasteiger partial charge in [0.25, 0.3) is 5.91 Å². The second kappa shape index (κ2) is 4.55. The van der Waals surface area contributed by atoms with Crippen LogP contribution in [0, 0.1) is 11.8 Å². The topological polar surface area (TPSA) is 58.2 Å². The van der Waals surface area contributed by atoms with Crippen LogP contribution >= 0.6 is 27.3 Å². The molecule has 0 aliphatic heterocycles. The predicted octanol–water partition coefficient (Wildman–Crippen LogP) is 1.93. The lowest BCUT2D eigenvalue weighted by Gasteiger charge is -2.04. The smallest absolute Gasteiger partial charge is 0.273 e. The first-order valence-electron chi connectivity index (χ1n) is 4.93. The van der Waals surface area contributed by atoms with Crippen LogP contribution in [0.1, 0.15) is 23.0 Å². The fraction of sp³-hybridized carbons (Fsp3) is 0.400. The number of hydrogen-bond acceptors (Lipinski definition) is 3. The van der Waals surface area contributed by atoms with E-state index in [0.29, 0.717) is 10.8 Å². The van der Waals surface area contributed by atoms with E-state index in [9.17, 15) is 9.59 Å². The zero-order valence-electron chi connectivity index (χ0n) is 8.62. The van der Waals surface area contributed by atoms with Crippen LogP contribution in [0.15, 0.2) is 15.9 Å². The molecule has 86 valence electrons. The van der Waals surface area contributed by atoms with E-state index in [1.165, 1.54) is 11.3 Å². The van der Waals surface area contributed by atoms with Crippen LogP contribution < -0.4 is 10.9 Å². The summed E-state index contributed by atoms with van der Waals surface area (Å²) in [5, 5.41) is 0. The maximum Gasteiger partial charge on any atom is 0.279 e. The van der Waals surface area contributed by atoms with Crippen molar-refractivity contribution in [3.8, 4) is 0 Å². The van der Waals surface area contributed by atoms with Crippen molar-refractivity contribution in [2.24, 2.45) is 11.8 Å². The van der Waals surface area contributed by atoms with Gasteiger partial charge in [-0.3, -0.25) is 20.4 Å². The summed E-state index contributed by atoms with van der Waals surface area (Å²) in [6, 6.07) is 3.50. The van der Waals surface area contributed by atoms with E-state index in [1.807, 2.05) is 6.92 Å². The summed E-state index contributed by atoms with van der Waals surface area (Å²) in [7, 11) is 0. The molecule has 6 heteroatoms. The van der Waals surface area contributed by atoms with Crippen molar-refractivity contribution in [2.45, 2.75) is 13.3 Å². The molecule has 2 rings (SSSR count). The molecule has 1 aliphatic carbocycles. The highest BCUT2D eigenvalue weighted by molar-refractivity contribution is 9.11. The second-order valence-corrected chi connectivity index (χ2v) is 6.33. The zero-order valence-corrected chi connectivity index (χ0v) is 11.0. The van der Waals surface area contributed by atoms with Crippen molar-refractivity contribution in [1.82, 2.24) is 10.9 Å². The lowest BCUT2D eigenvalue weighted by molar-refractivity contribution is -0.123. The molecule has 1 aromatic rings. The van der Waals surface area contributed by atoms with Gasteiger partial charge in [0, 0.05) is 5.92 Å². The van der Waals surface area contributed by atoms with Crippen LogP contribution in [0.5, 0.6) is 0 Å². The number of halogens is 1. The summed E-state index contributed by atoms with van der Waals surface area (Å²) in [4.78, 5) is 23.5. The first-order chi connectivity index (χ1) is 7.58. The number of hydrazine groups is 1. The highest BCUT2D eigenvalue weighted by Crippen LogP contribution is 2.37. The van der Waals surface area contributed by atoms with Crippen LogP contribution in [-0.4, -0.2) is 11.8 Å². The SMILES string of the molecule is C[C@H]1C[C@@H]1C(=O)NNC(=O)c1ccc(Br)s1. The Morgan fingerprint density at radius 3 is 2.62 bits per heavy atom. The number of rotatable bonds is 2. The fourth-order valence-corrected chi connectivity index (χ4v) is 2.68. The highest BCUT2D eigenvalue weighted by atomic mass is 79.9. The normalized spacial score (nSPS) is 22.6. The van der Waals surface area contributed by atoms with Gasteiger partial charge >= 0.3 is 0 Å². The summed E-state index contributed by atoms with van der Waals surface area (Å²) in [6.45, 7) is 2.02. The van der Waals surface area contributed by atoms with Gasteiger partial charge in [0.15, 0.2) is 0 Å². The Labute approximate surface area is 106 Å². The molecular weight excluding hydrogens is 292 g/mol. The molecule has 0 aromatic carbocycles. The van der Waals surface area contributed by atoms with Gasteiger partial charge in [-0.05, 0) is 40.4 Å². The number of hydrogen-bond donors (Lipinski definition) is 2.